The van der Waals surface area contributed by atoms with Crippen molar-refractivity contribution in [3.63, 3.8) is 0 Å². The van der Waals surface area contributed by atoms with Crippen molar-refractivity contribution in [2.75, 3.05) is 12.0 Å². The molecule has 0 aromatic heterocycles. The molecule has 21 heavy (non-hydrogen) atoms. The number of carbonyl (C=O) groups is 1. The van der Waals surface area contributed by atoms with E-state index in [4.69, 9.17) is 5.73 Å². The quantitative estimate of drug-likeness (QED) is 0.841. The van der Waals surface area contributed by atoms with E-state index in [0.717, 1.165) is 31.4 Å². The fourth-order valence-corrected chi connectivity index (χ4v) is 3.29. The molecule has 0 bridgehead atoms. The van der Waals surface area contributed by atoms with Crippen LogP contribution in [0.3, 0.4) is 0 Å². The summed E-state index contributed by atoms with van der Waals surface area (Å²) in [6, 6.07) is 3.28. The number of rotatable bonds is 3. The maximum Gasteiger partial charge on any atom is 0.418 e. The fraction of sp³-hybridized carbons (Fsp3) is 0.500. The number of thioether (sulfide) groups is 1. The van der Waals surface area contributed by atoms with Crippen LogP contribution >= 0.6 is 11.8 Å². The molecule has 2 rings (SSSR count). The van der Waals surface area contributed by atoms with Crippen molar-refractivity contribution < 1.29 is 18.0 Å². The molecule has 0 spiro atoms. The second-order valence-electron chi connectivity index (χ2n) is 5.14. The van der Waals surface area contributed by atoms with Crippen molar-refractivity contribution in [2.45, 2.75) is 36.7 Å². The van der Waals surface area contributed by atoms with Crippen molar-refractivity contribution >= 4 is 23.4 Å². The van der Waals surface area contributed by atoms with Gasteiger partial charge in [-0.2, -0.15) is 24.9 Å². The van der Waals surface area contributed by atoms with Gasteiger partial charge in [0.25, 0.3) is 5.91 Å². The number of anilines is 1. The van der Waals surface area contributed by atoms with Gasteiger partial charge in [0, 0.05) is 22.5 Å². The second-order valence-corrected chi connectivity index (χ2v) is 6.28. The van der Waals surface area contributed by atoms with Gasteiger partial charge >= 0.3 is 6.18 Å². The van der Waals surface area contributed by atoms with E-state index in [1.54, 1.807) is 11.8 Å². The van der Waals surface area contributed by atoms with Gasteiger partial charge in [0.15, 0.2) is 0 Å². The minimum absolute atomic E-state index is 0.0101. The summed E-state index contributed by atoms with van der Waals surface area (Å²) in [7, 11) is 0. The van der Waals surface area contributed by atoms with Crippen LogP contribution in [0.15, 0.2) is 18.2 Å². The molecular formula is C14H17F3N2OS. The number of carbonyl (C=O) groups excluding carboxylic acids is 1. The summed E-state index contributed by atoms with van der Waals surface area (Å²) < 4.78 is 38.3. The summed E-state index contributed by atoms with van der Waals surface area (Å²) in [6.45, 7) is 0. The Morgan fingerprint density at radius 2 is 2.10 bits per heavy atom. The Bertz CT molecular complexity index is 533. The minimum atomic E-state index is -4.56. The van der Waals surface area contributed by atoms with Crippen LogP contribution in [0.2, 0.25) is 0 Å². The molecule has 1 amide bonds. The van der Waals surface area contributed by atoms with Crippen LogP contribution < -0.4 is 11.1 Å². The molecular weight excluding hydrogens is 301 g/mol. The van der Waals surface area contributed by atoms with Crippen molar-refractivity contribution in [1.29, 1.82) is 0 Å². The molecule has 0 aliphatic heterocycles. The average Bonchev–Trinajstić information content (AvgIpc) is 2.85. The summed E-state index contributed by atoms with van der Waals surface area (Å²) >= 11 is 1.75. The van der Waals surface area contributed by atoms with Gasteiger partial charge in [0.2, 0.25) is 0 Å². The Kier molecular flexibility index (Phi) is 4.70. The summed E-state index contributed by atoms with van der Waals surface area (Å²) in [5, 5.41) is 3.30. The lowest BCUT2D eigenvalue weighted by Crippen LogP contribution is -2.33. The molecule has 116 valence electrons. The predicted octanol–water partition coefficient (Wildman–Crippen LogP) is 3.30. The second kappa shape index (κ2) is 6.17. The van der Waals surface area contributed by atoms with E-state index in [2.05, 4.69) is 5.32 Å². The standard InChI is InChI=1S/C14H17F3N2OS/c1-21-10-4-3-9(7-10)19-13(20)8-2-5-12(18)11(6-8)14(15,16)17/h2,5-6,9-10H,3-4,7,18H2,1H3,(H,19,20). The molecule has 0 saturated heterocycles. The summed E-state index contributed by atoms with van der Waals surface area (Å²) in [5.41, 5.74) is 3.97. The highest BCUT2D eigenvalue weighted by Crippen LogP contribution is 2.34. The Hall–Kier alpha value is -1.37. The van der Waals surface area contributed by atoms with Gasteiger partial charge in [-0.3, -0.25) is 4.79 Å². The predicted molar refractivity (Wildman–Crippen MR) is 78.3 cm³/mol. The minimum Gasteiger partial charge on any atom is -0.398 e. The van der Waals surface area contributed by atoms with E-state index in [-0.39, 0.29) is 17.3 Å². The molecule has 0 heterocycles. The van der Waals surface area contributed by atoms with E-state index in [1.807, 2.05) is 6.26 Å². The molecule has 1 aromatic carbocycles. The van der Waals surface area contributed by atoms with Gasteiger partial charge in [-0.15, -0.1) is 0 Å². The van der Waals surface area contributed by atoms with Crippen molar-refractivity contribution in [2.24, 2.45) is 0 Å². The molecule has 1 fully saturated rings. The zero-order valence-corrected chi connectivity index (χ0v) is 12.4. The first kappa shape index (κ1) is 16.0. The average molecular weight is 318 g/mol. The summed E-state index contributed by atoms with van der Waals surface area (Å²) in [6.07, 6.45) is 0.191. The molecule has 0 radical (unpaired) electrons. The van der Waals surface area contributed by atoms with E-state index >= 15 is 0 Å². The topological polar surface area (TPSA) is 55.1 Å². The Morgan fingerprint density at radius 1 is 1.38 bits per heavy atom. The number of halogens is 3. The Balaban J connectivity index is 2.10. The maximum absolute atomic E-state index is 12.8. The Morgan fingerprint density at radius 3 is 2.67 bits per heavy atom. The molecule has 1 aliphatic rings. The van der Waals surface area contributed by atoms with Crippen LogP contribution in [0.1, 0.15) is 35.2 Å². The number of amides is 1. The molecule has 1 aromatic rings. The van der Waals surface area contributed by atoms with E-state index in [9.17, 15) is 18.0 Å². The number of hydrogen-bond donors (Lipinski definition) is 2. The molecule has 3 nitrogen and oxygen atoms in total. The van der Waals surface area contributed by atoms with Gasteiger partial charge in [-0.1, -0.05) is 0 Å². The van der Waals surface area contributed by atoms with Gasteiger partial charge in [0.1, 0.15) is 0 Å². The summed E-state index contributed by atoms with van der Waals surface area (Å²) in [4.78, 5) is 12.1. The van der Waals surface area contributed by atoms with Gasteiger partial charge in [-0.05, 0) is 43.7 Å². The highest BCUT2D eigenvalue weighted by atomic mass is 32.2. The number of alkyl halides is 3. The monoisotopic (exact) mass is 318 g/mol. The SMILES string of the molecule is CSC1CCC(NC(=O)c2ccc(N)c(C(F)(F)F)c2)C1. The highest BCUT2D eigenvalue weighted by Gasteiger charge is 2.34. The smallest absolute Gasteiger partial charge is 0.398 e. The lowest BCUT2D eigenvalue weighted by molar-refractivity contribution is -0.136. The number of hydrogen-bond acceptors (Lipinski definition) is 3. The lowest BCUT2D eigenvalue weighted by Gasteiger charge is -2.15. The molecule has 2 unspecified atom stereocenters. The first-order valence-electron chi connectivity index (χ1n) is 6.61. The summed E-state index contributed by atoms with van der Waals surface area (Å²) in [5.74, 6) is -0.479. The normalized spacial score (nSPS) is 22.3. The van der Waals surface area contributed by atoms with Crippen molar-refractivity contribution in [3.05, 3.63) is 29.3 Å². The zero-order valence-electron chi connectivity index (χ0n) is 11.5. The molecule has 2 atom stereocenters. The van der Waals surface area contributed by atoms with Crippen LogP contribution in [0.5, 0.6) is 0 Å². The van der Waals surface area contributed by atoms with Gasteiger partial charge < -0.3 is 11.1 Å². The van der Waals surface area contributed by atoms with Crippen molar-refractivity contribution in [1.82, 2.24) is 5.32 Å². The van der Waals surface area contributed by atoms with Gasteiger partial charge in [0.05, 0.1) is 5.56 Å². The Labute approximate surface area is 125 Å². The van der Waals surface area contributed by atoms with Crippen LogP contribution in [-0.2, 0) is 6.18 Å². The number of nitrogen functional groups attached to an aromatic ring is 1. The van der Waals surface area contributed by atoms with Crippen molar-refractivity contribution in [3.8, 4) is 0 Å². The van der Waals surface area contributed by atoms with Crippen LogP contribution in [-0.4, -0.2) is 23.5 Å². The van der Waals surface area contributed by atoms with Crippen LogP contribution in [0.4, 0.5) is 18.9 Å². The van der Waals surface area contributed by atoms with E-state index < -0.39 is 17.6 Å². The molecule has 1 aliphatic carbocycles. The third-order valence-corrected chi connectivity index (χ3v) is 4.77. The molecule has 7 heteroatoms. The third-order valence-electron chi connectivity index (χ3n) is 3.67. The van der Waals surface area contributed by atoms with E-state index in [1.165, 1.54) is 6.07 Å². The number of nitrogens with two attached hydrogens (primary N) is 1. The van der Waals surface area contributed by atoms with Crippen LogP contribution in [0, 0.1) is 0 Å². The van der Waals surface area contributed by atoms with Crippen LogP contribution in [0.25, 0.3) is 0 Å². The fourth-order valence-electron chi connectivity index (χ4n) is 2.50. The molecule has 3 N–H and O–H groups in total. The first-order chi connectivity index (χ1) is 9.81. The lowest BCUT2D eigenvalue weighted by atomic mass is 10.1. The highest BCUT2D eigenvalue weighted by molar-refractivity contribution is 7.99. The first-order valence-corrected chi connectivity index (χ1v) is 7.90. The zero-order chi connectivity index (χ0) is 15.6. The number of nitrogens with one attached hydrogen (secondary N) is 1. The maximum atomic E-state index is 12.8. The molecule has 1 saturated carbocycles. The third kappa shape index (κ3) is 3.84. The van der Waals surface area contributed by atoms with Gasteiger partial charge in [-0.25, -0.2) is 0 Å². The number of benzene rings is 1. The largest absolute Gasteiger partial charge is 0.418 e. The van der Waals surface area contributed by atoms with E-state index in [0.29, 0.717) is 5.25 Å².